The van der Waals surface area contributed by atoms with Crippen LogP contribution in [0.2, 0.25) is 0 Å². The van der Waals surface area contributed by atoms with Gasteiger partial charge < -0.3 is 20.1 Å². The number of aryl methyl sites for hydroxylation is 1. The Morgan fingerprint density at radius 1 is 1.00 bits per heavy atom. The minimum atomic E-state index is 0. The van der Waals surface area contributed by atoms with E-state index in [1.165, 1.54) is 18.5 Å². The molecule has 0 radical (unpaired) electrons. The Labute approximate surface area is 174 Å². The zero-order valence-electron chi connectivity index (χ0n) is 17.0. The van der Waals surface area contributed by atoms with Gasteiger partial charge in [-0.2, -0.15) is 4.98 Å². The Kier molecular flexibility index (Phi) is 6.75. The van der Waals surface area contributed by atoms with Gasteiger partial charge in [0.1, 0.15) is 5.82 Å². The van der Waals surface area contributed by atoms with Crippen LogP contribution in [-0.2, 0) is 13.6 Å². The van der Waals surface area contributed by atoms with Crippen LogP contribution in [0.25, 0.3) is 10.9 Å². The van der Waals surface area contributed by atoms with Crippen molar-refractivity contribution in [2.75, 3.05) is 24.3 Å². The van der Waals surface area contributed by atoms with Crippen molar-refractivity contribution in [3.63, 3.8) is 0 Å². The molecule has 0 unspecified atom stereocenters. The number of anilines is 2. The Morgan fingerprint density at radius 3 is 2.41 bits per heavy atom. The summed E-state index contributed by atoms with van der Waals surface area (Å²) in [5.41, 5.74) is 2.32. The van der Waals surface area contributed by atoms with E-state index in [0.29, 0.717) is 12.1 Å². The highest BCUT2D eigenvalue weighted by molar-refractivity contribution is 5.90. The molecule has 0 atom stereocenters. The van der Waals surface area contributed by atoms with Crippen LogP contribution in [0.5, 0.6) is 0 Å². The fraction of sp³-hybridized carbons (Fsp3) is 0.478. The summed E-state index contributed by atoms with van der Waals surface area (Å²) in [6.07, 6.45) is 6.73. The summed E-state index contributed by atoms with van der Waals surface area (Å²) in [5.74, 6) is 1.70. The third kappa shape index (κ3) is 4.88. The molecule has 1 saturated carbocycles. The lowest BCUT2D eigenvalue weighted by molar-refractivity contribution is 0.350. The third-order valence-corrected chi connectivity index (χ3v) is 5.69. The van der Waals surface area contributed by atoms with E-state index >= 15 is 0 Å². The summed E-state index contributed by atoms with van der Waals surface area (Å²) in [4.78, 5) is 11.6. The van der Waals surface area contributed by atoms with Crippen LogP contribution in [0.15, 0.2) is 42.6 Å². The number of fused-ring (bicyclic) bond motifs is 1. The van der Waals surface area contributed by atoms with Gasteiger partial charge in [0.2, 0.25) is 5.95 Å². The number of rotatable bonds is 6. The van der Waals surface area contributed by atoms with Crippen molar-refractivity contribution >= 4 is 22.7 Å². The zero-order valence-corrected chi connectivity index (χ0v) is 17.0. The topological polar surface area (TPSA) is 58.0 Å². The molecule has 2 heterocycles. The SMILES string of the molecule is C.CN(C)c1nc(NC2CCC(NCc3cccn3C)CC2)nc2ccccc12. The maximum atomic E-state index is 4.78. The maximum Gasteiger partial charge on any atom is 0.225 e. The quantitative estimate of drug-likeness (QED) is 0.657. The predicted molar refractivity (Wildman–Crippen MR) is 123 cm³/mol. The van der Waals surface area contributed by atoms with Gasteiger partial charge in [-0.05, 0) is 49.9 Å². The van der Waals surface area contributed by atoms with E-state index in [2.05, 4.69) is 57.6 Å². The number of nitrogens with zero attached hydrogens (tertiary/aromatic N) is 4. The summed E-state index contributed by atoms with van der Waals surface area (Å²) in [5, 5.41) is 8.39. The highest BCUT2D eigenvalue weighted by Gasteiger charge is 2.22. The lowest BCUT2D eigenvalue weighted by atomic mass is 9.91. The molecule has 1 fully saturated rings. The van der Waals surface area contributed by atoms with E-state index in [4.69, 9.17) is 9.97 Å². The number of aromatic nitrogens is 3. The molecule has 2 N–H and O–H groups in total. The molecule has 6 heteroatoms. The first kappa shape index (κ1) is 21.1. The lowest BCUT2D eigenvalue weighted by Crippen LogP contribution is -2.37. The van der Waals surface area contributed by atoms with E-state index in [1.54, 1.807) is 0 Å². The summed E-state index contributed by atoms with van der Waals surface area (Å²) >= 11 is 0. The molecule has 1 aliphatic rings. The normalized spacial score (nSPS) is 19.0. The smallest absolute Gasteiger partial charge is 0.225 e. The molecule has 0 amide bonds. The summed E-state index contributed by atoms with van der Waals surface area (Å²) in [7, 11) is 6.16. The minimum absolute atomic E-state index is 0. The molecule has 3 aromatic rings. The Hall–Kier alpha value is -2.60. The Bertz CT molecular complexity index is 924. The Balaban J connectivity index is 0.00000240. The van der Waals surface area contributed by atoms with Gasteiger partial charge in [0, 0.05) is 57.0 Å². The van der Waals surface area contributed by atoms with Crippen molar-refractivity contribution in [2.45, 2.75) is 51.7 Å². The van der Waals surface area contributed by atoms with Crippen molar-refractivity contribution in [2.24, 2.45) is 7.05 Å². The summed E-state index contributed by atoms with van der Waals surface area (Å²) in [6, 6.07) is 13.5. The van der Waals surface area contributed by atoms with Crippen molar-refractivity contribution in [1.82, 2.24) is 19.9 Å². The molecular formula is C23H34N6. The number of benzene rings is 1. The van der Waals surface area contributed by atoms with Crippen molar-refractivity contribution in [3.05, 3.63) is 48.3 Å². The van der Waals surface area contributed by atoms with Gasteiger partial charge in [0.15, 0.2) is 0 Å². The van der Waals surface area contributed by atoms with Crippen LogP contribution in [0.3, 0.4) is 0 Å². The Morgan fingerprint density at radius 2 is 1.72 bits per heavy atom. The van der Waals surface area contributed by atoms with Crippen molar-refractivity contribution in [3.8, 4) is 0 Å². The maximum absolute atomic E-state index is 4.78. The number of para-hydroxylation sites is 1. The van der Waals surface area contributed by atoms with Gasteiger partial charge in [-0.25, -0.2) is 4.98 Å². The summed E-state index contributed by atoms with van der Waals surface area (Å²) in [6.45, 7) is 0.937. The van der Waals surface area contributed by atoms with Crippen LogP contribution in [0.1, 0.15) is 38.8 Å². The fourth-order valence-electron chi connectivity index (χ4n) is 4.02. The molecule has 4 rings (SSSR count). The monoisotopic (exact) mass is 394 g/mol. The van der Waals surface area contributed by atoms with Crippen LogP contribution in [0, 0.1) is 0 Å². The predicted octanol–water partition coefficient (Wildman–Crippen LogP) is 4.18. The summed E-state index contributed by atoms with van der Waals surface area (Å²) < 4.78 is 2.18. The van der Waals surface area contributed by atoms with Gasteiger partial charge in [-0.3, -0.25) is 0 Å². The van der Waals surface area contributed by atoms with Crippen LogP contribution in [0.4, 0.5) is 11.8 Å². The first-order valence-corrected chi connectivity index (χ1v) is 10.1. The van der Waals surface area contributed by atoms with E-state index in [9.17, 15) is 0 Å². The van der Waals surface area contributed by atoms with Gasteiger partial charge in [0.25, 0.3) is 0 Å². The number of nitrogens with one attached hydrogen (secondary N) is 2. The van der Waals surface area contributed by atoms with Crippen LogP contribution >= 0.6 is 0 Å². The highest BCUT2D eigenvalue weighted by atomic mass is 15.2. The minimum Gasteiger partial charge on any atom is -0.362 e. The second-order valence-corrected chi connectivity index (χ2v) is 7.97. The average Bonchev–Trinajstić information content (AvgIpc) is 3.11. The molecule has 29 heavy (non-hydrogen) atoms. The number of hydrogen-bond donors (Lipinski definition) is 2. The van der Waals surface area contributed by atoms with E-state index in [-0.39, 0.29) is 7.43 Å². The van der Waals surface area contributed by atoms with Gasteiger partial charge in [-0.15, -0.1) is 0 Å². The van der Waals surface area contributed by atoms with E-state index in [1.807, 2.05) is 26.2 Å². The fourth-order valence-corrected chi connectivity index (χ4v) is 4.02. The molecule has 0 saturated heterocycles. The number of hydrogen-bond acceptors (Lipinski definition) is 5. The first-order valence-electron chi connectivity index (χ1n) is 10.1. The van der Waals surface area contributed by atoms with Crippen molar-refractivity contribution < 1.29 is 0 Å². The molecule has 1 aromatic carbocycles. The van der Waals surface area contributed by atoms with E-state index in [0.717, 1.165) is 42.1 Å². The standard InChI is InChI=1S/C22H30N6.CH4/c1-27(2)21-19-8-4-5-9-20(19)25-22(26-21)24-17-12-10-16(11-13-17)23-15-18-7-6-14-28(18)3;/h4-9,14,16-17,23H,10-13,15H2,1-3H3,(H,24,25,26);1H4. The molecule has 6 nitrogen and oxygen atoms in total. The lowest BCUT2D eigenvalue weighted by Gasteiger charge is -2.30. The molecule has 156 valence electrons. The third-order valence-electron chi connectivity index (χ3n) is 5.69. The van der Waals surface area contributed by atoms with Crippen LogP contribution in [-0.4, -0.2) is 40.7 Å². The van der Waals surface area contributed by atoms with Crippen molar-refractivity contribution in [1.29, 1.82) is 0 Å². The van der Waals surface area contributed by atoms with Gasteiger partial charge in [-0.1, -0.05) is 19.6 Å². The largest absolute Gasteiger partial charge is 0.362 e. The second kappa shape index (κ2) is 9.27. The average molecular weight is 395 g/mol. The molecule has 2 aromatic heterocycles. The zero-order chi connectivity index (χ0) is 19.5. The molecular weight excluding hydrogens is 360 g/mol. The van der Waals surface area contributed by atoms with Gasteiger partial charge >= 0.3 is 0 Å². The molecule has 1 aliphatic carbocycles. The molecule has 0 aliphatic heterocycles. The molecule has 0 bridgehead atoms. The first-order chi connectivity index (χ1) is 13.6. The van der Waals surface area contributed by atoms with E-state index < -0.39 is 0 Å². The highest BCUT2D eigenvalue weighted by Crippen LogP contribution is 2.26. The molecule has 0 spiro atoms. The van der Waals surface area contributed by atoms with Crippen LogP contribution < -0.4 is 15.5 Å². The van der Waals surface area contributed by atoms with Gasteiger partial charge in [0.05, 0.1) is 5.52 Å². The second-order valence-electron chi connectivity index (χ2n) is 7.97.